The average molecular weight is 428 g/mol. The van der Waals surface area contributed by atoms with Crippen molar-refractivity contribution in [2.24, 2.45) is 0 Å². The third-order valence-corrected chi connectivity index (χ3v) is 5.47. The summed E-state index contributed by atoms with van der Waals surface area (Å²) >= 11 is 0. The van der Waals surface area contributed by atoms with Gasteiger partial charge in [0.15, 0.2) is 5.69 Å². The lowest BCUT2D eigenvalue weighted by Gasteiger charge is -2.25. The molecule has 4 aromatic rings. The lowest BCUT2D eigenvalue weighted by molar-refractivity contribution is -0.384. The van der Waals surface area contributed by atoms with E-state index in [1.165, 1.54) is 21.7 Å². The van der Waals surface area contributed by atoms with Crippen molar-refractivity contribution < 1.29 is 9.72 Å². The summed E-state index contributed by atoms with van der Waals surface area (Å²) in [6.45, 7) is 1.78. The van der Waals surface area contributed by atoms with Gasteiger partial charge in [0.1, 0.15) is 0 Å². The highest BCUT2D eigenvalue weighted by Crippen LogP contribution is 2.25. The first kappa shape index (κ1) is 20.9. The van der Waals surface area contributed by atoms with Gasteiger partial charge in [-0.15, -0.1) is 0 Å². The highest BCUT2D eigenvalue weighted by atomic mass is 16.6. The third-order valence-electron chi connectivity index (χ3n) is 5.47. The number of rotatable bonds is 5. The highest BCUT2D eigenvalue weighted by Gasteiger charge is 2.25. The smallest absolute Gasteiger partial charge is 0.279 e. The van der Waals surface area contributed by atoms with Crippen LogP contribution in [-0.4, -0.2) is 32.6 Å². The Morgan fingerprint density at radius 1 is 1.00 bits per heavy atom. The minimum absolute atomic E-state index is 0.0450. The number of nitro benzene ring substituents is 1. The van der Waals surface area contributed by atoms with Crippen LogP contribution in [0.2, 0.25) is 0 Å². The highest BCUT2D eigenvalue weighted by molar-refractivity contribution is 6.04. The van der Waals surface area contributed by atoms with E-state index in [1.807, 2.05) is 6.07 Å². The normalized spacial score (nSPS) is 11.8. The van der Waals surface area contributed by atoms with Gasteiger partial charge in [0, 0.05) is 24.6 Å². The fourth-order valence-corrected chi connectivity index (χ4v) is 3.56. The second-order valence-corrected chi connectivity index (χ2v) is 7.39. The van der Waals surface area contributed by atoms with Gasteiger partial charge in [-0.25, -0.2) is 0 Å². The molecule has 1 atom stereocenters. The van der Waals surface area contributed by atoms with E-state index < -0.39 is 16.9 Å². The van der Waals surface area contributed by atoms with E-state index in [1.54, 1.807) is 74.6 Å². The molecule has 0 bridgehead atoms. The Kier molecular flexibility index (Phi) is 5.51. The average Bonchev–Trinajstić information content (AvgIpc) is 2.83. The number of benzene rings is 3. The van der Waals surface area contributed by atoms with Gasteiger partial charge in [0.05, 0.1) is 22.0 Å². The maximum absolute atomic E-state index is 13.5. The van der Waals surface area contributed by atoms with E-state index in [0.29, 0.717) is 22.0 Å². The zero-order valence-corrected chi connectivity index (χ0v) is 17.5. The fraction of sp³-hybridized carbons (Fsp3) is 0.125. The Bertz CT molecular complexity index is 1380. The van der Waals surface area contributed by atoms with E-state index >= 15 is 0 Å². The number of amides is 1. The number of para-hydroxylation sites is 1. The molecule has 1 unspecified atom stereocenters. The summed E-state index contributed by atoms with van der Waals surface area (Å²) in [6, 6.07) is 21.5. The number of hydrogen-bond donors (Lipinski definition) is 0. The van der Waals surface area contributed by atoms with Crippen molar-refractivity contribution >= 4 is 22.4 Å². The molecule has 32 heavy (non-hydrogen) atoms. The third kappa shape index (κ3) is 3.74. The van der Waals surface area contributed by atoms with Crippen molar-refractivity contribution in [2.45, 2.75) is 13.0 Å². The predicted molar refractivity (Wildman–Crippen MR) is 121 cm³/mol. The molecule has 8 heteroatoms. The molecule has 3 aromatic carbocycles. The van der Waals surface area contributed by atoms with Crippen LogP contribution in [0.3, 0.4) is 0 Å². The van der Waals surface area contributed by atoms with Crippen molar-refractivity contribution in [1.29, 1.82) is 0 Å². The van der Waals surface area contributed by atoms with Gasteiger partial charge in [-0.05, 0) is 30.7 Å². The number of hydrogen-bond acceptors (Lipinski definition) is 5. The van der Waals surface area contributed by atoms with Crippen molar-refractivity contribution in [3.63, 3.8) is 0 Å². The molecule has 8 nitrogen and oxygen atoms in total. The Labute approximate surface area is 183 Å². The second-order valence-electron chi connectivity index (χ2n) is 7.39. The number of non-ortho nitro benzene ring substituents is 1. The molecule has 0 fully saturated rings. The summed E-state index contributed by atoms with van der Waals surface area (Å²) in [5, 5.41) is 16.4. The molecule has 1 heterocycles. The minimum atomic E-state index is -0.469. The molecule has 0 aliphatic rings. The van der Waals surface area contributed by atoms with Gasteiger partial charge in [0.25, 0.3) is 17.2 Å². The Morgan fingerprint density at radius 3 is 2.34 bits per heavy atom. The van der Waals surface area contributed by atoms with E-state index in [-0.39, 0.29) is 16.9 Å². The van der Waals surface area contributed by atoms with E-state index in [4.69, 9.17) is 0 Å². The Balaban J connectivity index is 1.81. The fourth-order valence-electron chi connectivity index (χ4n) is 3.56. The van der Waals surface area contributed by atoms with E-state index in [9.17, 15) is 19.7 Å². The lowest BCUT2D eigenvalue weighted by atomic mass is 10.1. The van der Waals surface area contributed by atoms with Crippen LogP contribution in [0.4, 0.5) is 5.69 Å². The quantitative estimate of drug-likeness (QED) is 0.352. The van der Waals surface area contributed by atoms with Gasteiger partial charge < -0.3 is 4.90 Å². The number of fused-ring (bicyclic) bond motifs is 1. The molecule has 0 spiro atoms. The van der Waals surface area contributed by atoms with Crippen LogP contribution in [0.5, 0.6) is 0 Å². The summed E-state index contributed by atoms with van der Waals surface area (Å²) < 4.78 is 1.22. The van der Waals surface area contributed by atoms with Crippen molar-refractivity contribution in [3.05, 3.63) is 111 Å². The molecule has 0 aliphatic carbocycles. The van der Waals surface area contributed by atoms with Crippen LogP contribution in [-0.2, 0) is 0 Å². The zero-order chi connectivity index (χ0) is 22.8. The number of carbonyl (C=O) groups excluding carboxylic acids is 1. The van der Waals surface area contributed by atoms with Gasteiger partial charge in [0.2, 0.25) is 0 Å². The SMILES string of the molecule is CC(c1cccc([N+](=O)[O-])c1)N(C)C(=O)c1nn(-c2ccccc2)c(=O)c2ccccc12. The molecule has 4 rings (SSSR count). The first-order chi connectivity index (χ1) is 15.4. The summed E-state index contributed by atoms with van der Waals surface area (Å²) in [5.41, 5.74) is 0.931. The molecule has 0 aliphatic heterocycles. The van der Waals surface area contributed by atoms with Gasteiger partial charge >= 0.3 is 0 Å². The number of carbonyl (C=O) groups is 1. The largest absolute Gasteiger partial charge is 0.334 e. The van der Waals surface area contributed by atoms with E-state index in [0.717, 1.165) is 0 Å². The van der Waals surface area contributed by atoms with Crippen LogP contribution in [0.1, 0.15) is 29.0 Å². The first-order valence-corrected chi connectivity index (χ1v) is 9.97. The van der Waals surface area contributed by atoms with E-state index in [2.05, 4.69) is 5.10 Å². The van der Waals surface area contributed by atoms with Crippen LogP contribution < -0.4 is 5.56 Å². The van der Waals surface area contributed by atoms with Gasteiger partial charge in [-0.3, -0.25) is 19.7 Å². The molecule has 0 radical (unpaired) electrons. The van der Waals surface area contributed by atoms with Crippen molar-refractivity contribution in [2.75, 3.05) is 7.05 Å². The van der Waals surface area contributed by atoms with Crippen molar-refractivity contribution in [1.82, 2.24) is 14.7 Å². The zero-order valence-electron chi connectivity index (χ0n) is 17.5. The maximum Gasteiger partial charge on any atom is 0.279 e. The Hall–Kier alpha value is -4.33. The second kappa shape index (κ2) is 8.43. The summed E-state index contributed by atoms with van der Waals surface area (Å²) in [6.07, 6.45) is 0. The number of nitrogens with zero attached hydrogens (tertiary/aromatic N) is 4. The summed E-state index contributed by atoms with van der Waals surface area (Å²) in [5.74, 6) is -0.398. The standard InChI is InChI=1S/C24H20N4O4/c1-16(17-9-8-12-19(15-17)28(31)32)26(2)24(30)22-20-13-6-7-14-21(20)23(29)27(25-22)18-10-4-3-5-11-18/h3-16H,1-2H3. The molecular weight excluding hydrogens is 408 g/mol. The molecule has 0 saturated heterocycles. The van der Waals surface area contributed by atoms with Crippen molar-refractivity contribution in [3.8, 4) is 5.69 Å². The molecular formula is C24H20N4O4. The molecule has 1 aromatic heterocycles. The lowest BCUT2D eigenvalue weighted by Crippen LogP contribution is -2.33. The first-order valence-electron chi connectivity index (χ1n) is 9.97. The summed E-state index contributed by atoms with van der Waals surface area (Å²) in [7, 11) is 1.61. The van der Waals surface area contributed by atoms with Gasteiger partial charge in [-0.1, -0.05) is 48.5 Å². The number of nitro groups is 1. The van der Waals surface area contributed by atoms with Crippen LogP contribution >= 0.6 is 0 Å². The predicted octanol–water partition coefficient (Wildman–Crippen LogP) is 4.13. The van der Waals surface area contributed by atoms with Crippen LogP contribution in [0, 0.1) is 10.1 Å². The topological polar surface area (TPSA) is 98.3 Å². The van der Waals surface area contributed by atoms with Gasteiger partial charge in [-0.2, -0.15) is 9.78 Å². The van der Waals surface area contributed by atoms with Crippen LogP contribution in [0.15, 0.2) is 83.7 Å². The number of aromatic nitrogens is 2. The van der Waals surface area contributed by atoms with Crippen LogP contribution in [0.25, 0.3) is 16.5 Å². The molecule has 160 valence electrons. The molecule has 0 saturated carbocycles. The minimum Gasteiger partial charge on any atom is -0.334 e. The monoisotopic (exact) mass is 428 g/mol. The summed E-state index contributed by atoms with van der Waals surface area (Å²) in [4.78, 5) is 38.7. The maximum atomic E-state index is 13.5. The molecule has 1 amide bonds. The molecule has 0 N–H and O–H groups in total. The Morgan fingerprint density at radius 2 is 1.66 bits per heavy atom.